The van der Waals surface area contributed by atoms with Crippen molar-refractivity contribution in [1.29, 1.82) is 5.41 Å². The molecular weight excluding hydrogens is 246 g/mol. The van der Waals surface area contributed by atoms with Crippen LogP contribution in [0.25, 0.3) is 0 Å². The van der Waals surface area contributed by atoms with E-state index in [-0.39, 0.29) is 12.8 Å². The molecule has 19 heavy (non-hydrogen) atoms. The van der Waals surface area contributed by atoms with E-state index in [9.17, 15) is 14.7 Å². The largest absolute Gasteiger partial charge is 0.481 e. The van der Waals surface area contributed by atoms with Crippen LogP contribution < -0.4 is 0 Å². The summed E-state index contributed by atoms with van der Waals surface area (Å²) in [5, 5.41) is 26.3. The Bertz CT molecular complexity index is 470. The van der Waals surface area contributed by atoms with Crippen molar-refractivity contribution in [2.75, 3.05) is 0 Å². The molecule has 5 nitrogen and oxygen atoms in total. The summed E-state index contributed by atoms with van der Waals surface area (Å²) in [5.74, 6) is -3.19. The molecule has 1 aromatic rings. The Morgan fingerprint density at radius 3 is 2.32 bits per heavy atom. The number of aliphatic hydroxyl groups excluding tert-OH is 1. The molecule has 0 fully saturated rings. The summed E-state index contributed by atoms with van der Waals surface area (Å²) in [4.78, 5) is 22.7. The molecule has 0 amide bonds. The van der Waals surface area contributed by atoms with Crippen LogP contribution in [0.1, 0.15) is 18.9 Å². The third-order valence-electron chi connectivity index (χ3n) is 2.89. The molecule has 0 heterocycles. The van der Waals surface area contributed by atoms with Crippen LogP contribution in [-0.2, 0) is 16.0 Å². The Kier molecular flexibility index (Phi) is 5.38. The standard InChI is InChI=1S/C14H17NO4/c1-2-10(14(18)19)12(15)13(17)11(16)8-9-6-4-3-5-7-9/h3-7,10-11,15-16H,2,8H2,1H3,(H,18,19)/t10-,11?/m0/s1. The van der Waals surface area contributed by atoms with E-state index in [1.165, 1.54) is 0 Å². The molecule has 1 unspecified atom stereocenters. The summed E-state index contributed by atoms with van der Waals surface area (Å²) in [7, 11) is 0. The van der Waals surface area contributed by atoms with E-state index in [1.807, 2.05) is 6.07 Å². The first kappa shape index (κ1) is 15.0. The predicted molar refractivity (Wildman–Crippen MR) is 70.3 cm³/mol. The highest BCUT2D eigenvalue weighted by atomic mass is 16.4. The van der Waals surface area contributed by atoms with Gasteiger partial charge in [0, 0.05) is 6.42 Å². The molecule has 0 saturated carbocycles. The van der Waals surface area contributed by atoms with Crippen molar-refractivity contribution < 1.29 is 19.8 Å². The van der Waals surface area contributed by atoms with Crippen molar-refractivity contribution in [1.82, 2.24) is 0 Å². The molecule has 0 radical (unpaired) electrons. The molecule has 0 saturated heterocycles. The van der Waals surface area contributed by atoms with Gasteiger partial charge in [-0.3, -0.25) is 9.59 Å². The van der Waals surface area contributed by atoms with Gasteiger partial charge in [0.15, 0.2) is 0 Å². The van der Waals surface area contributed by atoms with Gasteiger partial charge in [0.1, 0.15) is 12.0 Å². The van der Waals surface area contributed by atoms with Gasteiger partial charge in [-0.15, -0.1) is 0 Å². The summed E-state index contributed by atoms with van der Waals surface area (Å²) in [6.07, 6.45) is -1.14. The number of hydrogen-bond acceptors (Lipinski definition) is 4. The normalized spacial score (nSPS) is 13.6. The summed E-state index contributed by atoms with van der Waals surface area (Å²) in [5.41, 5.74) is 0.220. The number of carboxylic acids is 1. The maximum absolute atomic E-state index is 11.8. The molecule has 0 aliphatic carbocycles. The number of carbonyl (C=O) groups is 2. The zero-order chi connectivity index (χ0) is 14.4. The van der Waals surface area contributed by atoms with E-state index >= 15 is 0 Å². The van der Waals surface area contributed by atoms with E-state index in [1.54, 1.807) is 31.2 Å². The van der Waals surface area contributed by atoms with Gasteiger partial charge in [0.2, 0.25) is 5.78 Å². The number of aliphatic hydroxyl groups is 1. The first-order valence-corrected chi connectivity index (χ1v) is 6.04. The molecule has 102 valence electrons. The minimum absolute atomic E-state index is 0.0815. The fourth-order valence-electron chi connectivity index (χ4n) is 1.78. The Morgan fingerprint density at radius 2 is 1.84 bits per heavy atom. The van der Waals surface area contributed by atoms with Gasteiger partial charge >= 0.3 is 5.97 Å². The smallest absolute Gasteiger partial charge is 0.312 e. The maximum Gasteiger partial charge on any atom is 0.312 e. The van der Waals surface area contributed by atoms with Gasteiger partial charge in [-0.1, -0.05) is 37.3 Å². The zero-order valence-electron chi connectivity index (χ0n) is 10.7. The summed E-state index contributed by atoms with van der Waals surface area (Å²) >= 11 is 0. The summed E-state index contributed by atoms with van der Waals surface area (Å²) in [6.45, 7) is 1.59. The van der Waals surface area contributed by atoms with E-state index in [0.717, 1.165) is 5.56 Å². The fourth-order valence-corrected chi connectivity index (χ4v) is 1.78. The minimum Gasteiger partial charge on any atom is -0.481 e. The monoisotopic (exact) mass is 263 g/mol. The number of carboxylic acid groups (broad SMARTS) is 1. The van der Waals surface area contributed by atoms with Gasteiger partial charge in [0.25, 0.3) is 0 Å². The molecule has 1 aromatic carbocycles. The lowest BCUT2D eigenvalue weighted by Gasteiger charge is -2.14. The molecule has 0 aliphatic rings. The number of carbonyl (C=O) groups excluding carboxylic acids is 1. The number of aliphatic carboxylic acids is 1. The van der Waals surface area contributed by atoms with Crippen LogP contribution in [0, 0.1) is 11.3 Å². The average molecular weight is 263 g/mol. The number of benzene rings is 1. The predicted octanol–water partition coefficient (Wildman–Crippen LogP) is 1.29. The number of rotatable bonds is 7. The third kappa shape index (κ3) is 3.99. The van der Waals surface area contributed by atoms with E-state index in [2.05, 4.69) is 0 Å². The quantitative estimate of drug-likeness (QED) is 0.645. The zero-order valence-corrected chi connectivity index (χ0v) is 10.7. The molecule has 2 atom stereocenters. The van der Waals surface area contributed by atoms with Gasteiger partial charge in [-0.25, -0.2) is 0 Å². The van der Waals surface area contributed by atoms with Crippen LogP contribution in [0.4, 0.5) is 0 Å². The fraction of sp³-hybridized carbons (Fsp3) is 0.357. The number of Topliss-reactive ketones (excluding diaryl/α,β-unsaturated/α-hetero) is 1. The van der Waals surface area contributed by atoms with Crippen LogP contribution in [0.15, 0.2) is 30.3 Å². The van der Waals surface area contributed by atoms with Crippen molar-refractivity contribution in [3.05, 3.63) is 35.9 Å². The molecule has 5 heteroatoms. The van der Waals surface area contributed by atoms with Crippen molar-refractivity contribution in [3.63, 3.8) is 0 Å². The van der Waals surface area contributed by atoms with E-state index < -0.39 is 29.5 Å². The lowest BCUT2D eigenvalue weighted by molar-refractivity contribution is -0.140. The summed E-state index contributed by atoms with van der Waals surface area (Å²) in [6, 6.07) is 8.90. The van der Waals surface area contributed by atoms with Crippen molar-refractivity contribution in [2.45, 2.75) is 25.9 Å². The second-order valence-electron chi connectivity index (χ2n) is 4.28. The van der Waals surface area contributed by atoms with Gasteiger partial charge < -0.3 is 15.6 Å². The average Bonchev–Trinajstić information content (AvgIpc) is 2.39. The first-order valence-electron chi connectivity index (χ1n) is 6.04. The SMILES string of the molecule is CC[C@@H](C(=N)C(=O)C(O)Cc1ccccc1)C(=O)O. The molecule has 0 bridgehead atoms. The Morgan fingerprint density at radius 1 is 1.26 bits per heavy atom. The molecule has 1 rings (SSSR count). The van der Waals surface area contributed by atoms with Crippen LogP contribution in [-0.4, -0.2) is 33.8 Å². The number of ketones is 1. The van der Waals surface area contributed by atoms with E-state index in [4.69, 9.17) is 10.5 Å². The van der Waals surface area contributed by atoms with Crippen LogP contribution in [0.2, 0.25) is 0 Å². The molecule has 0 aliphatic heterocycles. The molecular formula is C14H17NO4. The Balaban J connectivity index is 2.72. The van der Waals surface area contributed by atoms with Crippen LogP contribution in [0.5, 0.6) is 0 Å². The topological polar surface area (TPSA) is 98.5 Å². The van der Waals surface area contributed by atoms with Crippen LogP contribution in [0.3, 0.4) is 0 Å². The summed E-state index contributed by atoms with van der Waals surface area (Å²) < 4.78 is 0. The van der Waals surface area contributed by atoms with Gasteiger partial charge in [0.05, 0.1) is 5.71 Å². The van der Waals surface area contributed by atoms with Crippen LogP contribution >= 0.6 is 0 Å². The number of nitrogens with one attached hydrogen (secondary N) is 1. The molecule has 0 aromatic heterocycles. The van der Waals surface area contributed by atoms with Gasteiger partial charge in [-0.05, 0) is 12.0 Å². The first-order chi connectivity index (χ1) is 8.97. The van der Waals surface area contributed by atoms with Crippen molar-refractivity contribution >= 4 is 17.5 Å². The second-order valence-corrected chi connectivity index (χ2v) is 4.28. The highest BCUT2D eigenvalue weighted by Crippen LogP contribution is 2.10. The molecule has 0 spiro atoms. The van der Waals surface area contributed by atoms with Crippen molar-refractivity contribution in [3.8, 4) is 0 Å². The minimum atomic E-state index is -1.37. The highest BCUT2D eigenvalue weighted by Gasteiger charge is 2.30. The van der Waals surface area contributed by atoms with Gasteiger partial charge in [-0.2, -0.15) is 0 Å². The van der Waals surface area contributed by atoms with E-state index in [0.29, 0.717) is 0 Å². The molecule has 3 N–H and O–H groups in total. The Labute approximate surface area is 111 Å². The Hall–Kier alpha value is -2.01. The second kappa shape index (κ2) is 6.80. The lowest BCUT2D eigenvalue weighted by Crippen LogP contribution is -2.37. The van der Waals surface area contributed by atoms with Crippen molar-refractivity contribution in [2.24, 2.45) is 5.92 Å². The number of hydrogen-bond donors (Lipinski definition) is 3. The highest BCUT2D eigenvalue weighted by molar-refractivity contribution is 6.43. The third-order valence-corrected chi connectivity index (χ3v) is 2.89. The lowest BCUT2D eigenvalue weighted by atomic mass is 9.93. The maximum atomic E-state index is 11.8.